The van der Waals surface area contributed by atoms with Crippen molar-refractivity contribution in [2.24, 2.45) is 0 Å². The van der Waals surface area contributed by atoms with Crippen LogP contribution in [0.25, 0.3) is 0 Å². The van der Waals surface area contributed by atoms with Gasteiger partial charge in [0.1, 0.15) is 5.82 Å². The fourth-order valence-corrected chi connectivity index (χ4v) is 1.85. The zero-order chi connectivity index (χ0) is 15.0. The smallest absolute Gasteiger partial charge is 0.223 e. The molecular formula is C15H20FN3O. The minimum absolute atomic E-state index is 0.0198. The van der Waals surface area contributed by atoms with Gasteiger partial charge in [-0.25, -0.2) is 4.39 Å². The molecule has 0 aromatic heterocycles. The summed E-state index contributed by atoms with van der Waals surface area (Å²) < 4.78 is 13.1. The summed E-state index contributed by atoms with van der Waals surface area (Å²) in [4.78, 5) is 15.3. The number of nitriles is 1. The van der Waals surface area contributed by atoms with Crippen molar-refractivity contribution in [3.63, 3.8) is 0 Å². The molecule has 20 heavy (non-hydrogen) atoms. The lowest BCUT2D eigenvalue weighted by Gasteiger charge is -2.19. The lowest BCUT2D eigenvalue weighted by Crippen LogP contribution is -2.31. The monoisotopic (exact) mass is 277 g/mol. The van der Waals surface area contributed by atoms with Gasteiger partial charge in [0.2, 0.25) is 5.91 Å². The van der Waals surface area contributed by atoms with Crippen LogP contribution in [0.2, 0.25) is 0 Å². The van der Waals surface area contributed by atoms with Crippen LogP contribution in [-0.4, -0.2) is 42.9 Å². The highest BCUT2D eigenvalue weighted by atomic mass is 19.1. The lowest BCUT2D eigenvalue weighted by molar-refractivity contribution is -0.130. The van der Waals surface area contributed by atoms with Crippen molar-refractivity contribution < 1.29 is 9.18 Å². The van der Waals surface area contributed by atoms with Crippen LogP contribution >= 0.6 is 0 Å². The van der Waals surface area contributed by atoms with E-state index in [2.05, 4.69) is 0 Å². The topological polar surface area (TPSA) is 47.3 Å². The van der Waals surface area contributed by atoms with Crippen molar-refractivity contribution in [3.05, 3.63) is 35.6 Å². The molecule has 1 rings (SSSR count). The second-order valence-corrected chi connectivity index (χ2v) is 4.84. The van der Waals surface area contributed by atoms with E-state index < -0.39 is 0 Å². The normalized spacial score (nSPS) is 10.3. The van der Waals surface area contributed by atoms with Crippen LogP contribution in [0.1, 0.15) is 18.4 Å². The standard InChI is InChI=1S/C15H20FN3O/c1-18(12-13-5-3-6-14(16)11-13)10-7-15(20)19(2)9-4-8-17/h3,5-6,11H,4,7,9-10,12H2,1-2H3. The largest absolute Gasteiger partial charge is 0.345 e. The zero-order valence-corrected chi connectivity index (χ0v) is 12.0. The highest BCUT2D eigenvalue weighted by Gasteiger charge is 2.10. The number of carbonyl (C=O) groups excluding carboxylic acids is 1. The molecule has 0 bridgehead atoms. The van der Waals surface area contributed by atoms with E-state index >= 15 is 0 Å². The average Bonchev–Trinajstić information content (AvgIpc) is 2.42. The molecule has 0 aliphatic carbocycles. The number of halogens is 1. The van der Waals surface area contributed by atoms with Crippen LogP contribution in [0.4, 0.5) is 4.39 Å². The Bertz CT molecular complexity index is 484. The third-order valence-electron chi connectivity index (χ3n) is 3.03. The summed E-state index contributed by atoms with van der Waals surface area (Å²) in [7, 11) is 3.60. The number of hydrogen-bond donors (Lipinski definition) is 0. The Balaban J connectivity index is 2.34. The van der Waals surface area contributed by atoms with Crippen molar-refractivity contribution >= 4 is 5.91 Å². The van der Waals surface area contributed by atoms with Crippen molar-refractivity contribution in [3.8, 4) is 6.07 Å². The fraction of sp³-hybridized carbons (Fsp3) is 0.467. The molecule has 0 unspecified atom stereocenters. The first kappa shape index (κ1) is 16.1. The maximum Gasteiger partial charge on any atom is 0.223 e. The minimum atomic E-state index is -0.247. The summed E-state index contributed by atoms with van der Waals surface area (Å²) in [6.45, 7) is 1.67. The number of hydrogen-bond acceptors (Lipinski definition) is 3. The predicted molar refractivity (Wildman–Crippen MR) is 75.2 cm³/mol. The molecule has 0 radical (unpaired) electrons. The molecule has 4 nitrogen and oxygen atoms in total. The first-order chi connectivity index (χ1) is 9.52. The second kappa shape index (κ2) is 8.28. The van der Waals surface area contributed by atoms with Crippen molar-refractivity contribution in [1.82, 2.24) is 9.80 Å². The average molecular weight is 277 g/mol. The molecule has 0 aliphatic rings. The maximum absolute atomic E-state index is 13.1. The van der Waals surface area contributed by atoms with Gasteiger partial charge in [-0.3, -0.25) is 4.79 Å². The van der Waals surface area contributed by atoms with Gasteiger partial charge in [-0.1, -0.05) is 12.1 Å². The molecule has 0 spiro atoms. The molecule has 0 heterocycles. The van der Waals surface area contributed by atoms with E-state index in [0.29, 0.717) is 32.5 Å². The Morgan fingerprint density at radius 3 is 2.75 bits per heavy atom. The van der Waals surface area contributed by atoms with E-state index in [-0.39, 0.29) is 11.7 Å². The summed E-state index contributed by atoms with van der Waals surface area (Å²) in [5.74, 6) is -0.227. The summed E-state index contributed by atoms with van der Waals surface area (Å²) in [5.41, 5.74) is 0.887. The highest BCUT2D eigenvalue weighted by Crippen LogP contribution is 2.06. The molecule has 0 saturated carbocycles. The van der Waals surface area contributed by atoms with Crippen molar-refractivity contribution in [2.75, 3.05) is 27.2 Å². The molecule has 0 atom stereocenters. The van der Waals surface area contributed by atoms with E-state index in [4.69, 9.17) is 5.26 Å². The summed E-state index contributed by atoms with van der Waals surface area (Å²) in [6, 6.07) is 8.47. The van der Waals surface area contributed by atoms with Gasteiger partial charge in [0.15, 0.2) is 0 Å². The Hall–Kier alpha value is -1.93. The van der Waals surface area contributed by atoms with Crippen LogP contribution in [0, 0.1) is 17.1 Å². The van der Waals surface area contributed by atoms with Gasteiger partial charge in [-0.05, 0) is 24.7 Å². The van der Waals surface area contributed by atoms with Gasteiger partial charge < -0.3 is 9.80 Å². The van der Waals surface area contributed by atoms with Crippen LogP contribution in [0.3, 0.4) is 0 Å². The molecule has 0 N–H and O–H groups in total. The third-order valence-corrected chi connectivity index (χ3v) is 3.03. The predicted octanol–water partition coefficient (Wildman–Crippen LogP) is 2.02. The van der Waals surface area contributed by atoms with E-state index in [1.807, 2.05) is 24.1 Å². The van der Waals surface area contributed by atoms with E-state index in [1.165, 1.54) is 12.1 Å². The molecule has 5 heteroatoms. The van der Waals surface area contributed by atoms with Gasteiger partial charge in [-0.2, -0.15) is 5.26 Å². The van der Waals surface area contributed by atoms with Gasteiger partial charge in [-0.15, -0.1) is 0 Å². The molecule has 1 aromatic rings. The SMILES string of the molecule is CN(CCC(=O)N(C)CCC#N)Cc1cccc(F)c1. The molecular weight excluding hydrogens is 257 g/mol. The number of amides is 1. The Kier molecular flexibility index (Phi) is 6.68. The zero-order valence-electron chi connectivity index (χ0n) is 12.0. The van der Waals surface area contributed by atoms with Gasteiger partial charge >= 0.3 is 0 Å². The number of benzene rings is 1. The maximum atomic E-state index is 13.1. The van der Waals surface area contributed by atoms with Gasteiger partial charge in [0.05, 0.1) is 12.5 Å². The summed E-state index contributed by atoms with van der Waals surface area (Å²) in [6.07, 6.45) is 0.745. The van der Waals surface area contributed by atoms with Crippen molar-refractivity contribution in [1.29, 1.82) is 5.26 Å². The van der Waals surface area contributed by atoms with E-state index in [9.17, 15) is 9.18 Å². The first-order valence-corrected chi connectivity index (χ1v) is 6.57. The molecule has 108 valence electrons. The number of nitrogens with zero attached hydrogens (tertiary/aromatic N) is 3. The number of rotatable bonds is 7. The summed E-state index contributed by atoms with van der Waals surface area (Å²) in [5, 5.41) is 8.47. The molecule has 1 aromatic carbocycles. The van der Waals surface area contributed by atoms with E-state index in [0.717, 1.165) is 5.56 Å². The molecule has 0 saturated heterocycles. The second-order valence-electron chi connectivity index (χ2n) is 4.84. The van der Waals surface area contributed by atoms with Crippen LogP contribution in [0.5, 0.6) is 0 Å². The first-order valence-electron chi connectivity index (χ1n) is 6.57. The van der Waals surface area contributed by atoms with Crippen LogP contribution < -0.4 is 0 Å². The Morgan fingerprint density at radius 1 is 1.35 bits per heavy atom. The third kappa shape index (κ3) is 5.81. The Labute approximate surface area is 119 Å². The summed E-state index contributed by atoms with van der Waals surface area (Å²) >= 11 is 0. The Morgan fingerprint density at radius 2 is 2.10 bits per heavy atom. The highest BCUT2D eigenvalue weighted by molar-refractivity contribution is 5.76. The van der Waals surface area contributed by atoms with E-state index in [1.54, 1.807) is 18.0 Å². The van der Waals surface area contributed by atoms with Crippen LogP contribution in [0.15, 0.2) is 24.3 Å². The number of carbonyl (C=O) groups is 1. The molecule has 0 aliphatic heterocycles. The van der Waals surface area contributed by atoms with Crippen LogP contribution in [-0.2, 0) is 11.3 Å². The van der Waals surface area contributed by atoms with Gasteiger partial charge in [0, 0.05) is 33.1 Å². The quantitative estimate of drug-likeness (QED) is 0.766. The molecule has 0 fully saturated rings. The van der Waals surface area contributed by atoms with Crippen molar-refractivity contribution in [2.45, 2.75) is 19.4 Å². The fourth-order valence-electron chi connectivity index (χ4n) is 1.85. The molecule has 1 amide bonds. The van der Waals surface area contributed by atoms with Gasteiger partial charge in [0.25, 0.3) is 0 Å². The lowest BCUT2D eigenvalue weighted by atomic mass is 10.2. The minimum Gasteiger partial charge on any atom is -0.345 e.